The zero-order chi connectivity index (χ0) is 15.4. The SMILES string of the molecule is CC(=O)N(CC(=O)N1CCOCC1)c1ccc(C)c(C)c1. The molecule has 0 unspecified atom stereocenters. The lowest BCUT2D eigenvalue weighted by Crippen LogP contribution is -2.46. The standard InChI is InChI=1S/C16H22N2O3/c1-12-4-5-15(10-13(12)2)18(14(3)19)11-16(20)17-6-8-21-9-7-17/h4-5,10H,6-9,11H2,1-3H3. The van der Waals surface area contributed by atoms with E-state index < -0.39 is 0 Å². The molecule has 0 atom stereocenters. The minimum absolute atomic E-state index is 0.0354. The normalized spacial score (nSPS) is 14.9. The first-order chi connectivity index (χ1) is 9.99. The van der Waals surface area contributed by atoms with Crippen molar-refractivity contribution in [1.29, 1.82) is 0 Å². The fourth-order valence-corrected chi connectivity index (χ4v) is 2.33. The molecule has 0 spiro atoms. The Labute approximate surface area is 125 Å². The quantitative estimate of drug-likeness (QED) is 0.848. The van der Waals surface area contributed by atoms with Crippen molar-refractivity contribution in [2.75, 3.05) is 37.7 Å². The summed E-state index contributed by atoms with van der Waals surface area (Å²) in [5, 5.41) is 0. The topological polar surface area (TPSA) is 49.9 Å². The van der Waals surface area contributed by atoms with E-state index in [2.05, 4.69) is 0 Å². The second kappa shape index (κ2) is 6.72. The van der Waals surface area contributed by atoms with Crippen molar-refractivity contribution in [3.8, 4) is 0 Å². The number of carbonyl (C=O) groups excluding carboxylic acids is 2. The van der Waals surface area contributed by atoms with Crippen LogP contribution in [0.2, 0.25) is 0 Å². The molecule has 1 aliphatic rings. The van der Waals surface area contributed by atoms with Gasteiger partial charge in [0.15, 0.2) is 0 Å². The first-order valence-electron chi connectivity index (χ1n) is 7.20. The zero-order valence-electron chi connectivity index (χ0n) is 12.9. The van der Waals surface area contributed by atoms with Gasteiger partial charge in [-0.2, -0.15) is 0 Å². The molecular weight excluding hydrogens is 268 g/mol. The fourth-order valence-electron chi connectivity index (χ4n) is 2.33. The van der Waals surface area contributed by atoms with Crippen LogP contribution in [-0.4, -0.2) is 49.6 Å². The summed E-state index contributed by atoms with van der Waals surface area (Å²) >= 11 is 0. The molecule has 1 aromatic rings. The number of aryl methyl sites for hydroxylation is 2. The van der Waals surface area contributed by atoms with Crippen LogP contribution in [0.25, 0.3) is 0 Å². The molecule has 2 rings (SSSR count). The van der Waals surface area contributed by atoms with E-state index in [4.69, 9.17) is 4.74 Å². The van der Waals surface area contributed by atoms with E-state index in [0.717, 1.165) is 11.3 Å². The lowest BCUT2D eigenvalue weighted by Gasteiger charge is -2.30. The molecule has 1 saturated heterocycles. The summed E-state index contributed by atoms with van der Waals surface area (Å²) in [6.45, 7) is 7.91. The van der Waals surface area contributed by atoms with E-state index in [9.17, 15) is 9.59 Å². The lowest BCUT2D eigenvalue weighted by atomic mass is 10.1. The van der Waals surface area contributed by atoms with Gasteiger partial charge >= 0.3 is 0 Å². The minimum Gasteiger partial charge on any atom is -0.378 e. The second-order valence-electron chi connectivity index (χ2n) is 5.37. The van der Waals surface area contributed by atoms with E-state index in [-0.39, 0.29) is 18.4 Å². The van der Waals surface area contributed by atoms with Crippen LogP contribution in [0.4, 0.5) is 5.69 Å². The van der Waals surface area contributed by atoms with Crippen LogP contribution in [0.1, 0.15) is 18.1 Å². The summed E-state index contributed by atoms with van der Waals surface area (Å²) in [5.74, 6) is -0.161. The van der Waals surface area contributed by atoms with Gasteiger partial charge in [0.05, 0.1) is 13.2 Å². The van der Waals surface area contributed by atoms with Crippen molar-refractivity contribution in [3.63, 3.8) is 0 Å². The van der Waals surface area contributed by atoms with E-state index in [1.54, 1.807) is 4.90 Å². The number of benzene rings is 1. The van der Waals surface area contributed by atoms with Crippen LogP contribution in [0.15, 0.2) is 18.2 Å². The van der Waals surface area contributed by atoms with E-state index >= 15 is 0 Å². The molecule has 1 aliphatic heterocycles. The van der Waals surface area contributed by atoms with Gasteiger partial charge in [-0.25, -0.2) is 0 Å². The third kappa shape index (κ3) is 3.82. The molecule has 0 N–H and O–H groups in total. The number of hydrogen-bond donors (Lipinski definition) is 0. The maximum atomic E-state index is 12.3. The number of hydrogen-bond acceptors (Lipinski definition) is 3. The predicted molar refractivity (Wildman–Crippen MR) is 81.3 cm³/mol. The molecule has 1 aromatic carbocycles. The van der Waals surface area contributed by atoms with Crippen molar-refractivity contribution in [2.24, 2.45) is 0 Å². The number of rotatable bonds is 3. The summed E-state index contributed by atoms with van der Waals surface area (Å²) < 4.78 is 5.24. The van der Waals surface area contributed by atoms with Gasteiger partial charge in [0, 0.05) is 25.7 Å². The third-order valence-electron chi connectivity index (χ3n) is 3.84. The molecule has 114 valence electrons. The van der Waals surface area contributed by atoms with Gasteiger partial charge in [-0.1, -0.05) is 6.07 Å². The Balaban J connectivity index is 2.13. The van der Waals surface area contributed by atoms with Crippen LogP contribution < -0.4 is 4.90 Å². The number of carbonyl (C=O) groups is 2. The average molecular weight is 290 g/mol. The maximum Gasteiger partial charge on any atom is 0.242 e. The maximum absolute atomic E-state index is 12.3. The van der Waals surface area contributed by atoms with Gasteiger partial charge in [-0.3, -0.25) is 9.59 Å². The fraction of sp³-hybridized carbons (Fsp3) is 0.500. The highest BCUT2D eigenvalue weighted by Gasteiger charge is 2.22. The number of morpholine rings is 1. The third-order valence-corrected chi connectivity index (χ3v) is 3.84. The lowest BCUT2D eigenvalue weighted by molar-refractivity contribution is -0.134. The number of ether oxygens (including phenoxy) is 1. The molecule has 0 radical (unpaired) electrons. The minimum atomic E-state index is -0.125. The summed E-state index contributed by atoms with van der Waals surface area (Å²) in [4.78, 5) is 27.5. The molecule has 0 aliphatic carbocycles. The van der Waals surface area contributed by atoms with Crippen LogP contribution in [0, 0.1) is 13.8 Å². The van der Waals surface area contributed by atoms with Crippen LogP contribution in [-0.2, 0) is 14.3 Å². The first-order valence-corrected chi connectivity index (χ1v) is 7.20. The van der Waals surface area contributed by atoms with Crippen molar-refractivity contribution >= 4 is 17.5 Å². The Hall–Kier alpha value is -1.88. The van der Waals surface area contributed by atoms with Crippen LogP contribution in [0.5, 0.6) is 0 Å². The van der Waals surface area contributed by atoms with E-state index in [0.29, 0.717) is 26.3 Å². The zero-order valence-corrected chi connectivity index (χ0v) is 12.9. The molecule has 0 aromatic heterocycles. The number of anilines is 1. The summed E-state index contributed by atoms with van der Waals surface area (Å²) in [7, 11) is 0. The highest BCUT2D eigenvalue weighted by Crippen LogP contribution is 2.19. The molecule has 5 nitrogen and oxygen atoms in total. The first kappa shape index (κ1) is 15.5. The van der Waals surface area contributed by atoms with Gasteiger partial charge in [-0.05, 0) is 37.1 Å². The summed E-state index contributed by atoms with van der Waals surface area (Å²) in [5.41, 5.74) is 3.05. The molecule has 0 bridgehead atoms. The molecule has 0 saturated carbocycles. The van der Waals surface area contributed by atoms with Gasteiger partial charge in [-0.15, -0.1) is 0 Å². The largest absolute Gasteiger partial charge is 0.378 e. The predicted octanol–water partition coefficient (Wildman–Crippen LogP) is 1.52. The molecule has 2 amide bonds. The summed E-state index contributed by atoms with van der Waals surface area (Å²) in [6, 6.07) is 5.81. The van der Waals surface area contributed by atoms with Gasteiger partial charge < -0.3 is 14.5 Å². The van der Waals surface area contributed by atoms with Gasteiger partial charge in [0.2, 0.25) is 11.8 Å². The Bertz CT molecular complexity index is 536. The molecule has 21 heavy (non-hydrogen) atoms. The average Bonchev–Trinajstić information content (AvgIpc) is 2.48. The smallest absolute Gasteiger partial charge is 0.242 e. The van der Waals surface area contributed by atoms with Crippen molar-refractivity contribution in [1.82, 2.24) is 4.90 Å². The van der Waals surface area contributed by atoms with Gasteiger partial charge in [0.1, 0.15) is 6.54 Å². The van der Waals surface area contributed by atoms with Crippen LogP contribution in [0.3, 0.4) is 0 Å². The molecule has 1 heterocycles. The molecule has 1 fully saturated rings. The number of nitrogens with zero attached hydrogens (tertiary/aromatic N) is 2. The van der Waals surface area contributed by atoms with Crippen molar-refractivity contribution in [3.05, 3.63) is 29.3 Å². The Morgan fingerprint density at radius 3 is 2.43 bits per heavy atom. The molecule has 5 heteroatoms. The Morgan fingerprint density at radius 1 is 1.19 bits per heavy atom. The Morgan fingerprint density at radius 2 is 1.86 bits per heavy atom. The highest BCUT2D eigenvalue weighted by molar-refractivity contribution is 5.97. The second-order valence-corrected chi connectivity index (χ2v) is 5.37. The van der Waals surface area contributed by atoms with Crippen molar-refractivity contribution < 1.29 is 14.3 Å². The Kier molecular flexibility index (Phi) is 4.96. The summed E-state index contributed by atoms with van der Waals surface area (Å²) in [6.07, 6.45) is 0. The van der Waals surface area contributed by atoms with E-state index in [1.807, 2.05) is 32.0 Å². The highest BCUT2D eigenvalue weighted by atomic mass is 16.5. The number of amides is 2. The molecular formula is C16H22N2O3. The van der Waals surface area contributed by atoms with Gasteiger partial charge in [0.25, 0.3) is 0 Å². The van der Waals surface area contributed by atoms with Crippen molar-refractivity contribution in [2.45, 2.75) is 20.8 Å². The monoisotopic (exact) mass is 290 g/mol. The van der Waals surface area contributed by atoms with E-state index in [1.165, 1.54) is 17.4 Å². The van der Waals surface area contributed by atoms with Crippen LogP contribution >= 0.6 is 0 Å².